The lowest BCUT2D eigenvalue weighted by Gasteiger charge is -2.26. The highest BCUT2D eigenvalue weighted by atomic mass is 127. The van der Waals surface area contributed by atoms with Crippen molar-refractivity contribution in [3.63, 3.8) is 0 Å². The van der Waals surface area contributed by atoms with Crippen LogP contribution in [0.3, 0.4) is 0 Å². The van der Waals surface area contributed by atoms with E-state index in [2.05, 4.69) is 58.2 Å². The molecule has 0 aliphatic heterocycles. The van der Waals surface area contributed by atoms with E-state index < -0.39 is 0 Å². The zero-order valence-corrected chi connectivity index (χ0v) is 11.1. The molecule has 1 fully saturated rings. The van der Waals surface area contributed by atoms with Crippen LogP contribution in [-0.2, 0) is 6.54 Å². The second-order valence-corrected chi connectivity index (χ2v) is 6.08. The van der Waals surface area contributed by atoms with Crippen LogP contribution >= 0.6 is 22.6 Å². The van der Waals surface area contributed by atoms with Crippen LogP contribution < -0.4 is 5.32 Å². The number of benzene rings is 1. The summed E-state index contributed by atoms with van der Waals surface area (Å²) < 4.78 is 0.914. The Bertz CT molecular complexity index is 278. The summed E-state index contributed by atoms with van der Waals surface area (Å²) in [5.74, 6) is 0. The Labute approximate surface area is 106 Å². The second-order valence-electron chi connectivity index (χ2n) is 4.32. The molecule has 1 saturated carbocycles. The molecule has 1 nitrogen and oxygen atoms in total. The molecule has 2 rings (SSSR count). The topological polar surface area (TPSA) is 12.0 Å². The van der Waals surface area contributed by atoms with E-state index in [0.717, 1.165) is 16.5 Å². The number of nitrogens with one attached hydrogen (secondary N) is 1. The minimum atomic E-state index is 0.747. The molecule has 0 atom stereocenters. The zero-order chi connectivity index (χ0) is 10.5. The van der Waals surface area contributed by atoms with Crippen molar-refractivity contribution in [1.82, 2.24) is 5.32 Å². The Hall–Kier alpha value is -0.0900. The quantitative estimate of drug-likeness (QED) is 0.665. The van der Waals surface area contributed by atoms with E-state index in [9.17, 15) is 0 Å². The first-order chi connectivity index (χ1) is 7.34. The van der Waals surface area contributed by atoms with Gasteiger partial charge in [0.05, 0.1) is 0 Å². The molecule has 1 aromatic carbocycles. The fourth-order valence-electron chi connectivity index (χ4n) is 2.11. The van der Waals surface area contributed by atoms with Gasteiger partial charge in [-0.25, -0.2) is 0 Å². The SMILES string of the molecule is IC1CCC(NCc2ccccc2)CC1. The van der Waals surface area contributed by atoms with Crippen LogP contribution in [0.25, 0.3) is 0 Å². The summed E-state index contributed by atoms with van der Waals surface area (Å²) in [6.45, 7) is 1.03. The lowest BCUT2D eigenvalue weighted by molar-refractivity contribution is 0.384. The fourth-order valence-corrected chi connectivity index (χ4v) is 2.83. The zero-order valence-electron chi connectivity index (χ0n) is 8.95. The Morgan fingerprint density at radius 1 is 1.07 bits per heavy atom. The van der Waals surface area contributed by atoms with Gasteiger partial charge in [0.25, 0.3) is 0 Å². The highest BCUT2D eigenvalue weighted by molar-refractivity contribution is 14.1. The minimum absolute atomic E-state index is 0.747. The normalized spacial score (nSPS) is 26.5. The number of halogens is 1. The molecule has 0 saturated heterocycles. The van der Waals surface area contributed by atoms with Crippen molar-refractivity contribution in [2.75, 3.05) is 0 Å². The Morgan fingerprint density at radius 2 is 1.73 bits per heavy atom. The third-order valence-corrected chi connectivity index (χ3v) is 4.34. The largest absolute Gasteiger partial charge is 0.310 e. The molecule has 0 spiro atoms. The molecule has 82 valence electrons. The smallest absolute Gasteiger partial charge is 0.0208 e. The summed E-state index contributed by atoms with van der Waals surface area (Å²) in [6, 6.07) is 11.4. The molecule has 2 heteroatoms. The van der Waals surface area contributed by atoms with Gasteiger partial charge in [-0.3, -0.25) is 0 Å². The van der Waals surface area contributed by atoms with Crippen molar-refractivity contribution in [3.05, 3.63) is 35.9 Å². The fraction of sp³-hybridized carbons (Fsp3) is 0.538. The van der Waals surface area contributed by atoms with E-state index in [1.807, 2.05) is 0 Å². The highest BCUT2D eigenvalue weighted by Crippen LogP contribution is 2.24. The van der Waals surface area contributed by atoms with Gasteiger partial charge < -0.3 is 5.32 Å². The van der Waals surface area contributed by atoms with Crippen LogP contribution in [-0.4, -0.2) is 9.97 Å². The van der Waals surface area contributed by atoms with Gasteiger partial charge in [0.1, 0.15) is 0 Å². The van der Waals surface area contributed by atoms with E-state index in [0.29, 0.717) is 0 Å². The highest BCUT2D eigenvalue weighted by Gasteiger charge is 2.18. The Balaban J connectivity index is 1.74. The number of hydrogen-bond acceptors (Lipinski definition) is 1. The molecular formula is C13H18IN. The molecule has 0 unspecified atom stereocenters. The van der Waals surface area contributed by atoms with Gasteiger partial charge in [-0.15, -0.1) is 0 Å². The lowest BCUT2D eigenvalue weighted by Crippen LogP contribution is -2.32. The van der Waals surface area contributed by atoms with Crippen LogP contribution in [0.1, 0.15) is 31.2 Å². The predicted molar refractivity (Wildman–Crippen MR) is 73.3 cm³/mol. The van der Waals surface area contributed by atoms with Crippen molar-refractivity contribution in [3.8, 4) is 0 Å². The monoisotopic (exact) mass is 315 g/mol. The molecule has 0 aromatic heterocycles. The van der Waals surface area contributed by atoms with Gasteiger partial charge in [0, 0.05) is 16.5 Å². The van der Waals surface area contributed by atoms with Crippen LogP contribution in [0.2, 0.25) is 0 Å². The first-order valence-electron chi connectivity index (χ1n) is 5.76. The van der Waals surface area contributed by atoms with Gasteiger partial charge in [0.2, 0.25) is 0 Å². The van der Waals surface area contributed by atoms with Crippen LogP contribution in [0.4, 0.5) is 0 Å². The Kier molecular flexibility index (Phi) is 4.44. The molecule has 0 heterocycles. The lowest BCUT2D eigenvalue weighted by atomic mass is 9.95. The van der Waals surface area contributed by atoms with E-state index >= 15 is 0 Å². The maximum Gasteiger partial charge on any atom is 0.0208 e. The first-order valence-corrected chi connectivity index (χ1v) is 7.00. The molecule has 15 heavy (non-hydrogen) atoms. The molecule has 0 bridgehead atoms. The van der Waals surface area contributed by atoms with Crippen LogP contribution in [0.5, 0.6) is 0 Å². The molecular weight excluding hydrogens is 297 g/mol. The summed E-state index contributed by atoms with van der Waals surface area (Å²) in [4.78, 5) is 0. The average molecular weight is 315 g/mol. The minimum Gasteiger partial charge on any atom is -0.310 e. The Morgan fingerprint density at radius 3 is 2.40 bits per heavy atom. The first kappa shape index (κ1) is 11.4. The molecule has 1 N–H and O–H groups in total. The van der Waals surface area contributed by atoms with Crippen LogP contribution in [0.15, 0.2) is 30.3 Å². The summed E-state index contributed by atoms with van der Waals surface area (Å²) in [7, 11) is 0. The van der Waals surface area contributed by atoms with Gasteiger partial charge >= 0.3 is 0 Å². The number of alkyl halides is 1. The number of rotatable bonds is 3. The molecule has 1 aromatic rings. The van der Waals surface area contributed by atoms with Crippen molar-refractivity contribution >= 4 is 22.6 Å². The van der Waals surface area contributed by atoms with Gasteiger partial charge in [0.15, 0.2) is 0 Å². The summed E-state index contributed by atoms with van der Waals surface area (Å²) in [5, 5.41) is 3.66. The van der Waals surface area contributed by atoms with Crippen molar-refractivity contribution < 1.29 is 0 Å². The molecule has 0 amide bonds. The summed E-state index contributed by atoms with van der Waals surface area (Å²) in [6.07, 6.45) is 5.46. The van der Waals surface area contributed by atoms with Gasteiger partial charge in [-0.1, -0.05) is 52.9 Å². The van der Waals surface area contributed by atoms with Gasteiger partial charge in [-0.2, -0.15) is 0 Å². The maximum absolute atomic E-state index is 3.66. The average Bonchev–Trinajstić information content (AvgIpc) is 2.30. The van der Waals surface area contributed by atoms with E-state index in [4.69, 9.17) is 0 Å². The van der Waals surface area contributed by atoms with Crippen LogP contribution in [0, 0.1) is 0 Å². The van der Waals surface area contributed by atoms with Gasteiger partial charge in [-0.05, 0) is 31.2 Å². The summed E-state index contributed by atoms with van der Waals surface area (Å²) in [5.41, 5.74) is 1.40. The predicted octanol–water partition coefficient (Wildman–Crippen LogP) is 3.52. The van der Waals surface area contributed by atoms with Crippen molar-refractivity contribution in [1.29, 1.82) is 0 Å². The van der Waals surface area contributed by atoms with Crippen molar-refractivity contribution in [2.24, 2.45) is 0 Å². The molecule has 1 aliphatic rings. The standard InChI is InChI=1S/C13H18IN/c14-12-6-8-13(9-7-12)15-10-11-4-2-1-3-5-11/h1-5,12-13,15H,6-10H2. The second kappa shape index (κ2) is 5.85. The maximum atomic E-state index is 3.66. The molecule has 0 radical (unpaired) electrons. The number of hydrogen-bond donors (Lipinski definition) is 1. The van der Waals surface area contributed by atoms with E-state index in [1.165, 1.54) is 31.2 Å². The van der Waals surface area contributed by atoms with E-state index in [1.54, 1.807) is 0 Å². The van der Waals surface area contributed by atoms with Crippen molar-refractivity contribution in [2.45, 2.75) is 42.2 Å². The summed E-state index contributed by atoms with van der Waals surface area (Å²) >= 11 is 2.58. The van der Waals surface area contributed by atoms with E-state index in [-0.39, 0.29) is 0 Å². The third kappa shape index (κ3) is 3.76. The molecule has 1 aliphatic carbocycles. The third-order valence-electron chi connectivity index (χ3n) is 3.09.